The second kappa shape index (κ2) is 21.4. The lowest BCUT2D eigenvalue weighted by Gasteiger charge is -2.16. The number of amides is 1. The number of carboxylic acid groups (broad SMARTS) is 1. The number of nitrogens with one attached hydrogen (secondary N) is 1. The largest absolute Gasteiger partial charge is 0.488 e. The fraction of sp³-hybridized carbons (Fsp3) is 0.0893. The Kier molecular flexibility index (Phi) is 14.6. The standard InChI is InChI=1S/C31H26ClN3O2.C25H20ClNO3/c1-22-7-13-29(28-19-26(32)10-14-30(28)37-21-24-5-3-2-4-6-24)35(22)27-11-8-25(9-12-27)31(36)34-20-23-15-17-33-18-16-23;1-17-7-13-23(27(17)21-11-8-19(9-12-21)25(28)29)22-15-20(26)10-14-24(22)30-16-18-5-3-2-4-6-18/h2-19H,20-21H2,1H3,(H,34,36);2-15H,16H2,1H3,(H,28,29). The summed E-state index contributed by atoms with van der Waals surface area (Å²) in [5.41, 5.74) is 11.5. The van der Waals surface area contributed by atoms with Gasteiger partial charge in [0.05, 0.1) is 17.0 Å². The maximum Gasteiger partial charge on any atom is 0.335 e. The fourth-order valence-electron chi connectivity index (χ4n) is 7.61. The van der Waals surface area contributed by atoms with Crippen LogP contribution in [0.2, 0.25) is 10.0 Å². The molecule has 9 aromatic rings. The zero-order valence-corrected chi connectivity index (χ0v) is 38.3. The van der Waals surface area contributed by atoms with Gasteiger partial charge in [-0.1, -0.05) is 83.9 Å². The van der Waals surface area contributed by atoms with Crippen LogP contribution in [0, 0.1) is 13.8 Å². The molecule has 0 aliphatic rings. The maximum atomic E-state index is 12.7. The average molecular weight is 926 g/mol. The molecule has 0 aliphatic heterocycles. The van der Waals surface area contributed by atoms with E-state index < -0.39 is 5.97 Å². The summed E-state index contributed by atoms with van der Waals surface area (Å²) in [7, 11) is 0. The molecule has 0 spiro atoms. The third-order valence-electron chi connectivity index (χ3n) is 11.0. The van der Waals surface area contributed by atoms with Crippen molar-refractivity contribution in [3.05, 3.63) is 244 Å². The van der Waals surface area contributed by atoms with Gasteiger partial charge in [-0.15, -0.1) is 0 Å². The molecule has 2 N–H and O–H groups in total. The first-order chi connectivity index (χ1) is 32.6. The summed E-state index contributed by atoms with van der Waals surface area (Å²) >= 11 is 12.7. The normalized spacial score (nSPS) is 10.7. The van der Waals surface area contributed by atoms with E-state index >= 15 is 0 Å². The van der Waals surface area contributed by atoms with Crippen LogP contribution in [-0.2, 0) is 19.8 Å². The molecule has 0 aliphatic carbocycles. The molecule has 0 bridgehead atoms. The molecule has 0 saturated carbocycles. The second-order valence-corrected chi connectivity index (χ2v) is 16.5. The van der Waals surface area contributed by atoms with Crippen LogP contribution in [0.1, 0.15) is 48.8 Å². The Bertz CT molecular complexity index is 3100. The van der Waals surface area contributed by atoms with Gasteiger partial charge in [0.25, 0.3) is 5.91 Å². The van der Waals surface area contributed by atoms with E-state index in [9.17, 15) is 14.7 Å². The Morgan fingerprint density at radius 1 is 0.537 bits per heavy atom. The average Bonchev–Trinajstić information content (AvgIpc) is 3.95. The van der Waals surface area contributed by atoms with Crippen molar-refractivity contribution in [2.45, 2.75) is 33.6 Å². The summed E-state index contributed by atoms with van der Waals surface area (Å²) in [5.74, 6) is 0.404. The zero-order chi connectivity index (χ0) is 46.7. The van der Waals surface area contributed by atoms with Crippen LogP contribution in [0.4, 0.5) is 0 Å². The molecule has 0 radical (unpaired) electrons. The molecular formula is C56H46Cl2N4O5. The van der Waals surface area contributed by atoms with Crippen LogP contribution in [0.5, 0.6) is 11.5 Å². The van der Waals surface area contributed by atoms with Crippen molar-refractivity contribution in [2.24, 2.45) is 0 Å². The highest BCUT2D eigenvalue weighted by Gasteiger charge is 2.18. The fourth-order valence-corrected chi connectivity index (χ4v) is 7.95. The molecule has 1 amide bonds. The van der Waals surface area contributed by atoms with Crippen LogP contribution < -0.4 is 14.8 Å². The van der Waals surface area contributed by atoms with Gasteiger partial charge in [-0.25, -0.2) is 4.79 Å². The van der Waals surface area contributed by atoms with Crippen molar-refractivity contribution >= 4 is 35.1 Å². The summed E-state index contributed by atoms with van der Waals surface area (Å²) in [6.45, 7) is 5.41. The smallest absolute Gasteiger partial charge is 0.335 e. The Morgan fingerprint density at radius 2 is 0.985 bits per heavy atom. The third-order valence-corrected chi connectivity index (χ3v) is 11.5. The Hall–Kier alpha value is -7.85. The van der Waals surface area contributed by atoms with Crippen molar-refractivity contribution in [3.8, 4) is 45.4 Å². The molecule has 11 heteroatoms. The van der Waals surface area contributed by atoms with E-state index in [0.717, 1.165) is 73.5 Å². The van der Waals surface area contributed by atoms with Crippen LogP contribution in [0.15, 0.2) is 194 Å². The summed E-state index contributed by atoms with van der Waals surface area (Å²) < 4.78 is 16.6. The SMILES string of the molecule is Cc1ccc(-c2cc(Cl)ccc2OCc2ccccc2)n1-c1ccc(C(=O)NCc2ccncc2)cc1.Cc1ccc(-c2cc(Cl)ccc2OCc2ccccc2)n1-c1ccc(C(=O)O)cc1. The number of aryl methyl sites for hydroxylation is 2. The number of carboxylic acids is 1. The van der Waals surface area contributed by atoms with E-state index in [1.165, 1.54) is 0 Å². The quantitative estimate of drug-likeness (QED) is 0.112. The van der Waals surface area contributed by atoms with Gasteiger partial charge in [-0.3, -0.25) is 9.78 Å². The lowest BCUT2D eigenvalue weighted by atomic mass is 10.1. The van der Waals surface area contributed by atoms with Crippen LogP contribution >= 0.6 is 23.2 Å². The molecule has 0 atom stereocenters. The van der Waals surface area contributed by atoms with E-state index in [1.54, 1.807) is 36.7 Å². The first-order valence-electron chi connectivity index (χ1n) is 21.5. The molecule has 0 unspecified atom stereocenters. The number of aromatic carboxylic acids is 1. The summed E-state index contributed by atoms with van der Waals surface area (Å²) in [6, 6.07) is 57.6. The zero-order valence-electron chi connectivity index (χ0n) is 36.8. The predicted octanol–water partition coefficient (Wildman–Crippen LogP) is 13.4. The van der Waals surface area contributed by atoms with Gasteiger partial charge in [-0.05, 0) is 152 Å². The van der Waals surface area contributed by atoms with Gasteiger partial charge in [0.2, 0.25) is 0 Å². The summed E-state index contributed by atoms with van der Waals surface area (Å²) in [4.78, 5) is 27.9. The number of hydrogen-bond acceptors (Lipinski definition) is 5. The number of carbonyl (C=O) groups excluding carboxylic acids is 1. The number of ether oxygens (including phenoxy) is 2. The monoisotopic (exact) mass is 924 g/mol. The number of nitrogens with zero attached hydrogens (tertiary/aromatic N) is 3. The molecule has 3 aromatic heterocycles. The Balaban J connectivity index is 0.000000186. The van der Waals surface area contributed by atoms with Gasteiger partial charge in [0.15, 0.2) is 0 Å². The van der Waals surface area contributed by atoms with Crippen molar-refractivity contribution in [1.82, 2.24) is 19.4 Å². The number of carbonyl (C=O) groups is 2. The third kappa shape index (κ3) is 11.3. The van der Waals surface area contributed by atoms with Gasteiger partial charge in [0, 0.05) is 68.4 Å². The van der Waals surface area contributed by atoms with Crippen LogP contribution in [-0.4, -0.2) is 31.1 Å². The van der Waals surface area contributed by atoms with Gasteiger partial charge in [0.1, 0.15) is 24.7 Å². The molecule has 0 fully saturated rings. The minimum atomic E-state index is -0.947. The van der Waals surface area contributed by atoms with E-state index in [1.807, 2.05) is 159 Å². The topological polar surface area (TPSA) is 108 Å². The predicted molar refractivity (Wildman–Crippen MR) is 266 cm³/mol. The van der Waals surface area contributed by atoms with Gasteiger partial charge >= 0.3 is 5.97 Å². The van der Waals surface area contributed by atoms with E-state index in [2.05, 4.69) is 31.6 Å². The first kappa shape index (κ1) is 45.7. The molecule has 67 heavy (non-hydrogen) atoms. The number of hydrogen-bond donors (Lipinski definition) is 2. The summed E-state index contributed by atoms with van der Waals surface area (Å²) in [6.07, 6.45) is 3.43. The Labute approximate surface area is 399 Å². The first-order valence-corrected chi connectivity index (χ1v) is 22.3. The molecule has 3 heterocycles. The van der Waals surface area contributed by atoms with Crippen molar-refractivity contribution in [2.75, 3.05) is 0 Å². The number of benzene rings is 6. The highest BCUT2D eigenvalue weighted by atomic mass is 35.5. The molecule has 334 valence electrons. The van der Waals surface area contributed by atoms with E-state index in [0.29, 0.717) is 35.4 Å². The highest BCUT2D eigenvalue weighted by molar-refractivity contribution is 6.31. The lowest BCUT2D eigenvalue weighted by Crippen LogP contribution is -2.22. The Morgan fingerprint density at radius 3 is 1.43 bits per heavy atom. The van der Waals surface area contributed by atoms with E-state index in [4.69, 9.17) is 32.7 Å². The van der Waals surface area contributed by atoms with Gasteiger partial charge in [-0.2, -0.15) is 0 Å². The number of halogens is 2. The van der Waals surface area contributed by atoms with Gasteiger partial charge < -0.3 is 29.0 Å². The van der Waals surface area contributed by atoms with Crippen molar-refractivity contribution < 1.29 is 24.2 Å². The molecular weight excluding hydrogens is 880 g/mol. The second-order valence-electron chi connectivity index (χ2n) is 15.7. The maximum absolute atomic E-state index is 12.7. The van der Waals surface area contributed by atoms with Crippen LogP contribution in [0.3, 0.4) is 0 Å². The molecule has 9 nitrogen and oxygen atoms in total. The summed E-state index contributed by atoms with van der Waals surface area (Å²) in [5, 5.41) is 13.4. The van der Waals surface area contributed by atoms with Crippen molar-refractivity contribution in [3.63, 3.8) is 0 Å². The molecule has 0 saturated heterocycles. The van der Waals surface area contributed by atoms with E-state index in [-0.39, 0.29) is 11.5 Å². The minimum absolute atomic E-state index is 0.126. The highest BCUT2D eigenvalue weighted by Crippen LogP contribution is 2.38. The molecule has 6 aromatic carbocycles. The van der Waals surface area contributed by atoms with Crippen LogP contribution in [0.25, 0.3) is 33.9 Å². The van der Waals surface area contributed by atoms with Crippen molar-refractivity contribution in [1.29, 1.82) is 0 Å². The number of aromatic nitrogens is 3. The minimum Gasteiger partial charge on any atom is -0.488 e. The number of rotatable bonds is 14. The molecule has 9 rings (SSSR count). The lowest BCUT2D eigenvalue weighted by molar-refractivity contribution is 0.0696. The number of pyridine rings is 1.